The summed E-state index contributed by atoms with van der Waals surface area (Å²) < 4.78 is 1.13. The van der Waals surface area contributed by atoms with Gasteiger partial charge >= 0.3 is 11.7 Å². The number of carboxylic acid groups (broad SMARTS) is 1. The average molecular weight is 294 g/mol. The second-order valence-corrected chi connectivity index (χ2v) is 5.15. The average Bonchev–Trinajstić information content (AvgIpc) is 2.71. The molecule has 0 aliphatic carbocycles. The highest BCUT2D eigenvalue weighted by Gasteiger charge is 2.14. The van der Waals surface area contributed by atoms with Gasteiger partial charge in [0.15, 0.2) is 0 Å². The molecule has 1 aromatic carbocycles. The van der Waals surface area contributed by atoms with Crippen molar-refractivity contribution in [1.82, 2.24) is 9.55 Å². The molecule has 0 spiro atoms. The Balaban J connectivity index is 2.39. The highest BCUT2D eigenvalue weighted by molar-refractivity contribution is 7.98. The Hall–Kier alpha value is -2.15. The van der Waals surface area contributed by atoms with Crippen molar-refractivity contribution < 1.29 is 15.0 Å². The van der Waals surface area contributed by atoms with E-state index in [1.54, 1.807) is 11.8 Å². The number of carbonyl (C=O) groups is 1. The van der Waals surface area contributed by atoms with Crippen molar-refractivity contribution in [3.05, 3.63) is 46.0 Å². The summed E-state index contributed by atoms with van der Waals surface area (Å²) in [5.74, 6) is -0.388. The number of benzene rings is 1. The van der Waals surface area contributed by atoms with Gasteiger partial charge in [-0.3, -0.25) is 0 Å². The smallest absolute Gasteiger partial charge is 0.335 e. The molecule has 0 amide bonds. The number of aromatic hydroxyl groups is 1. The maximum atomic E-state index is 11.9. The van der Waals surface area contributed by atoms with Crippen LogP contribution in [0.2, 0.25) is 0 Å². The van der Waals surface area contributed by atoms with Crippen LogP contribution in [-0.4, -0.2) is 37.7 Å². The van der Waals surface area contributed by atoms with Crippen molar-refractivity contribution in [3.63, 3.8) is 0 Å². The molecule has 0 saturated carbocycles. The molecule has 2 rings (SSSR count). The summed E-state index contributed by atoms with van der Waals surface area (Å²) >= 11 is 1.61. The van der Waals surface area contributed by atoms with Crippen LogP contribution in [0.15, 0.2) is 29.1 Å². The first-order valence-electron chi connectivity index (χ1n) is 5.90. The monoisotopic (exact) mass is 294 g/mol. The summed E-state index contributed by atoms with van der Waals surface area (Å²) in [4.78, 5) is 25.3. The number of aromatic carboxylic acids is 1. The molecule has 2 aromatic rings. The lowest BCUT2D eigenvalue weighted by Gasteiger charge is -2.04. The third-order valence-corrected chi connectivity index (χ3v) is 3.48. The molecule has 0 fully saturated rings. The molecule has 20 heavy (non-hydrogen) atoms. The highest BCUT2D eigenvalue weighted by atomic mass is 32.2. The molecule has 0 unspecified atom stereocenters. The molecule has 0 radical (unpaired) electrons. The fourth-order valence-corrected chi connectivity index (χ4v) is 2.25. The van der Waals surface area contributed by atoms with Gasteiger partial charge in [-0.25, -0.2) is 14.2 Å². The van der Waals surface area contributed by atoms with Crippen molar-refractivity contribution in [1.29, 1.82) is 0 Å². The van der Waals surface area contributed by atoms with Crippen LogP contribution in [0.25, 0.3) is 5.69 Å². The normalized spacial score (nSPS) is 10.7. The minimum Gasteiger partial charge on any atom is -0.493 e. The van der Waals surface area contributed by atoms with Crippen molar-refractivity contribution in [2.45, 2.75) is 6.42 Å². The number of nitrogens with zero attached hydrogens (tertiary/aromatic N) is 1. The number of nitrogens with one attached hydrogen (secondary N) is 1. The number of aromatic amines is 1. The van der Waals surface area contributed by atoms with Crippen molar-refractivity contribution >= 4 is 17.7 Å². The molecule has 0 bridgehead atoms. The summed E-state index contributed by atoms with van der Waals surface area (Å²) in [5.41, 5.74) is 0.580. The van der Waals surface area contributed by atoms with E-state index in [9.17, 15) is 14.7 Å². The molecule has 0 aliphatic rings. The maximum Gasteiger partial charge on any atom is 0.335 e. The van der Waals surface area contributed by atoms with Gasteiger partial charge in [0.1, 0.15) is 0 Å². The Kier molecular flexibility index (Phi) is 4.19. The second kappa shape index (κ2) is 5.87. The van der Waals surface area contributed by atoms with Gasteiger partial charge in [0.05, 0.1) is 16.9 Å². The predicted molar refractivity (Wildman–Crippen MR) is 77.1 cm³/mol. The third-order valence-electron chi connectivity index (χ3n) is 2.87. The number of H-pyrrole nitrogens is 1. The van der Waals surface area contributed by atoms with E-state index in [0.29, 0.717) is 17.8 Å². The minimum atomic E-state index is -1.04. The Morgan fingerprint density at radius 3 is 2.55 bits per heavy atom. The van der Waals surface area contributed by atoms with E-state index in [4.69, 9.17) is 5.11 Å². The van der Waals surface area contributed by atoms with E-state index >= 15 is 0 Å². The molecule has 106 valence electrons. The summed E-state index contributed by atoms with van der Waals surface area (Å²) in [7, 11) is 0. The van der Waals surface area contributed by atoms with Crippen LogP contribution in [0.4, 0.5) is 0 Å². The van der Waals surface area contributed by atoms with Gasteiger partial charge in [0, 0.05) is 6.42 Å². The van der Waals surface area contributed by atoms with Crippen LogP contribution in [-0.2, 0) is 6.42 Å². The first-order valence-corrected chi connectivity index (χ1v) is 7.29. The first-order chi connectivity index (χ1) is 9.54. The van der Waals surface area contributed by atoms with E-state index in [2.05, 4.69) is 4.98 Å². The molecule has 6 nitrogen and oxygen atoms in total. The summed E-state index contributed by atoms with van der Waals surface area (Å²) in [6.07, 6.45) is 2.50. The van der Waals surface area contributed by atoms with Crippen LogP contribution >= 0.6 is 11.8 Å². The quantitative estimate of drug-likeness (QED) is 0.776. The summed E-state index contributed by atoms with van der Waals surface area (Å²) in [6.45, 7) is 0. The molecule has 3 N–H and O–H groups in total. The van der Waals surface area contributed by atoms with E-state index < -0.39 is 11.7 Å². The molecule has 0 aliphatic heterocycles. The highest BCUT2D eigenvalue weighted by Crippen LogP contribution is 2.19. The minimum absolute atomic E-state index is 0.124. The molecular formula is C13H14N2O4S. The van der Waals surface area contributed by atoms with E-state index in [1.807, 2.05) is 6.26 Å². The molecule has 1 aromatic heterocycles. The van der Waals surface area contributed by atoms with Gasteiger partial charge in [0.2, 0.25) is 5.88 Å². The van der Waals surface area contributed by atoms with Crippen LogP contribution in [0.1, 0.15) is 16.1 Å². The zero-order valence-corrected chi connectivity index (χ0v) is 11.6. The van der Waals surface area contributed by atoms with Crippen molar-refractivity contribution in [3.8, 4) is 11.6 Å². The van der Waals surface area contributed by atoms with Crippen LogP contribution in [0, 0.1) is 0 Å². The number of carboxylic acids is 1. The fraction of sp³-hybridized carbons (Fsp3) is 0.231. The van der Waals surface area contributed by atoms with E-state index in [-0.39, 0.29) is 11.4 Å². The van der Waals surface area contributed by atoms with E-state index in [0.717, 1.165) is 10.3 Å². The standard InChI is InChI=1S/C13H14N2O4S/c1-20-7-6-10-11(16)15(13(19)14-10)9-4-2-8(3-5-9)12(17)18/h2-5,16H,6-7H2,1H3,(H,14,19)(H,17,18). The zero-order chi connectivity index (χ0) is 14.7. The van der Waals surface area contributed by atoms with E-state index in [1.165, 1.54) is 24.3 Å². The Bertz CT molecular complexity index is 673. The fourth-order valence-electron chi connectivity index (χ4n) is 1.84. The number of rotatable bonds is 5. The maximum absolute atomic E-state index is 11.9. The van der Waals surface area contributed by atoms with Crippen molar-refractivity contribution in [2.75, 3.05) is 12.0 Å². The molecular weight excluding hydrogens is 280 g/mol. The number of hydrogen-bond donors (Lipinski definition) is 3. The molecule has 1 heterocycles. The zero-order valence-electron chi connectivity index (χ0n) is 10.8. The molecule has 7 heteroatoms. The van der Waals surface area contributed by atoms with Gasteiger partial charge < -0.3 is 15.2 Å². The lowest BCUT2D eigenvalue weighted by atomic mass is 10.2. The topological polar surface area (TPSA) is 95.3 Å². The number of hydrogen-bond acceptors (Lipinski definition) is 4. The predicted octanol–water partition coefficient (Wildman–Crippen LogP) is 1.47. The second-order valence-electron chi connectivity index (χ2n) is 4.16. The lowest BCUT2D eigenvalue weighted by Crippen LogP contribution is -2.14. The Morgan fingerprint density at radius 2 is 2.00 bits per heavy atom. The number of aromatic nitrogens is 2. The van der Waals surface area contributed by atoms with Crippen LogP contribution in [0.3, 0.4) is 0 Å². The van der Waals surface area contributed by atoms with Gasteiger partial charge in [0.25, 0.3) is 0 Å². The van der Waals surface area contributed by atoms with Crippen LogP contribution in [0.5, 0.6) is 5.88 Å². The van der Waals surface area contributed by atoms with Crippen LogP contribution < -0.4 is 5.69 Å². The van der Waals surface area contributed by atoms with Gasteiger partial charge in [-0.05, 0) is 36.3 Å². The van der Waals surface area contributed by atoms with Gasteiger partial charge in [-0.15, -0.1) is 0 Å². The summed E-state index contributed by atoms with van der Waals surface area (Å²) in [6, 6.07) is 5.74. The first kappa shape index (κ1) is 14.3. The number of aryl methyl sites for hydroxylation is 1. The molecule has 0 atom stereocenters. The SMILES string of the molecule is CSCCc1[nH]c(=O)n(-c2ccc(C(=O)O)cc2)c1O. The van der Waals surface area contributed by atoms with Gasteiger partial charge in [-0.2, -0.15) is 11.8 Å². The Morgan fingerprint density at radius 1 is 1.35 bits per heavy atom. The molecule has 0 saturated heterocycles. The van der Waals surface area contributed by atoms with Gasteiger partial charge in [-0.1, -0.05) is 0 Å². The number of imidazole rings is 1. The van der Waals surface area contributed by atoms with Crippen molar-refractivity contribution in [2.24, 2.45) is 0 Å². The number of thioether (sulfide) groups is 1. The lowest BCUT2D eigenvalue weighted by molar-refractivity contribution is 0.0697. The largest absolute Gasteiger partial charge is 0.493 e. The summed E-state index contributed by atoms with van der Waals surface area (Å²) in [5, 5.41) is 18.9. The third kappa shape index (κ3) is 2.72. The Labute approximate surface area is 119 Å².